The summed E-state index contributed by atoms with van der Waals surface area (Å²) in [5.74, 6) is 0. The number of halogens is 3. The minimum Gasteiger partial charge on any atom is -0.464 e. The molecule has 27 heavy (non-hydrogen) atoms. The Balaban J connectivity index is 2.59. The van der Waals surface area contributed by atoms with Crippen LogP contribution in [0.15, 0.2) is 30.3 Å². The maximum Gasteiger partial charge on any atom is 0.417 e. The van der Waals surface area contributed by atoms with E-state index in [1.165, 1.54) is 6.07 Å². The largest absolute Gasteiger partial charge is 0.464 e. The summed E-state index contributed by atoms with van der Waals surface area (Å²) in [6.07, 6.45) is -4.05. The normalized spacial score (nSPS) is 12.1. The number of hydrogen-bond acceptors (Lipinski definition) is 2. The molecule has 0 aliphatic heterocycles. The Hall–Kier alpha value is -2.47. The van der Waals surface area contributed by atoms with Crippen LogP contribution in [0.4, 0.5) is 13.6 Å². The van der Waals surface area contributed by atoms with Crippen LogP contribution in [0.2, 0.25) is 5.15 Å². The number of rotatable bonds is 2. The lowest BCUT2D eigenvalue weighted by atomic mass is 9.82. The van der Waals surface area contributed by atoms with Gasteiger partial charge >= 0.3 is 6.09 Å². The molecule has 4 nitrogen and oxygen atoms in total. The fourth-order valence-corrected chi connectivity index (χ4v) is 3.55. The minimum atomic E-state index is -2.75. The molecule has 0 aliphatic carbocycles. The van der Waals surface area contributed by atoms with Gasteiger partial charge in [0.2, 0.25) is 0 Å². The first-order valence-electron chi connectivity index (χ1n) is 8.36. The van der Waals surface area contributed by atoms with E-state index in [4.69, 9.17) is 11.6 Å². The summed E-state index contributed by atoms with van der Waals surface area (Å²) in [7, 11) is 0. The summed E-state index contributed by atoms with van der Waals surface area (Å²) < 4.78 is 28.4. The summed E-state index contributed by atoms with van der Waals surface area (Å²) in [5, 5.41) is 10.6. The summed E-state index contributed by atoms with van der Waals surface area (Å²) in [6.45, 7) is 7.50. The van der Waals surface area contributed by atoms with E-state index >= 15 is 0 Å². The van der Waals surface area contributed by atoms with Crippen LogP contribution in [0.3, 0.4) is 0 Å². The SMILES string of the molecule is Cc1ccc(C(F)F)c(-c2c(C(C)(C)C)c3ccc(Cl)nc3n2C(=O)O)c1. The number of benzene rings is 1. The average Bonchev–Trinajstić information content (AvgIpc) is 2.88. The van der Waals surface area contributed by atoms with Crippen LogP contribution in [0.25, 0.3) is 22.3 Å². The predicted molar refractivity (Wildman–Crippen MR) is 102 cm³/mol. The van der Waals surface area contributed by atoms with Gasteiger partial charge in [0.05, 0.1) is 5.69 Å². The number of aryl methyl sites for hydroxylation is 1. The molecular weight excluding hydrogens is 374 g/mol. The van der Waals surface area contributed by atoms with Gasteiger partial charge in [-0.3, -0.25) is 0 Å². The Labute approximate surface area is 160 Å². The molecule has 3 rings (SSSR count). The number of carboxylic acid groups (broad SMARTS) is 1. The fourth-order valence-electron chi connectivity index (χ4n) is 3.40. The molecule has 0 saturated heterocycles. The lowest BCUT2D eigenvalue weighted by molar-refractivity contribution is 0.152. The molecule has 0 amide bonds. The van der Waals surface area contributed by atoms with Crippen LogP contribution in [0.1, 0.15) is 43.9 Å². The summed E-state index contributed by atoms with van der Waals surface area (Å²) in [4.78, 5) is 16.3. The third-order valence-electron chi connectivity index (χ3n) is 4.42. The van der Waals surface area contributed by atoms with Crippen molar-refractivity contribution >= 4 is 28.7 Å². The molecule has 0 spiro atoms. The molecule has 0 atom stereocenters. The topological polar surface area (TPSA) is 55.1 Å². The van der Waals surface area contributed by atoms with Crippen molar-refractivity contribution in [3.05, 3.63) is 52.2 Å². The van der Waals surface area contributed by atoms with E-state index in [1.54, 1.807) is 31.2 Å². The van der Waals surface area contributed by atoms with E-state index in [1.807, 2.05) is 20.8 Å². The van der Waals surface area contributed by atoms with Gasteiger partial charge in [-0.15, -0.1) is 0 Å². The third-order valence-corrected chi connectivity index (χ3v) is 4.63. The van der Waals surface area contributed by atoms with Crippen molar-refractivity contribution in [1.29, 1.82) is 0 Å². The van der Waals surface area contributed by atoms with Gasteiger partial charge in [0.15, 0.2) is 5.65 Å². The highest BCUT2D eigenvalue weighted by Gasteiger charge is 2.32. The van der Waals surface area contributed by atoms with E-state index in [2.05, 4.69) is 4.98 Å². The zero-order chi connectivity index (χ0) is 20.1. The van der Waals surface area contributed by atoms with Gasteiger partial charge in [-0.1, -0.05) is 50.1 Å². The minimum absolute atomic E-state index is 0.132. The molecule has 3 aromatic rings. The number of aromatic nitrogens is 2. The lowest BCUT2D eigenvalue weighted by Crippen LogP contribution is -2.16. The Morgan fingerprint density at radius 1 is 1.22 bits per heavy atom. The number of pyridine rings is 1. The van der Waals surface area contributed by atoms with Crippen molar-refractivity contribution in [2.45, 2.75) is 39.5 Å². The molecule has 142 valence electrons. The quantitative estimate of drug-likeness (QED) is 0.511. The average molecular weight is 393 g/mol. The molecule has 0 aliphatic rings. The van der Waals surface area contributed by atoms with E-state index in [-0.39, 0.29) is 27.6 Å². The van der Waals surface area contributed by atoms with Crippen LogP contribution in [-0.2, 0) is 5.41 Å². The number of fused-ring (bicyclic) bond motifs is 1. The van der Waals surface area contributed by atoms with Crippen molar-refractivity contribution in [1.82, 2.24) is 9.55 Å². The number of alkyl halides is 2. The first-order chi connectivity index (χ1) is 12.5. The zero-order valence-electron chi connectivity index (χ0n) is 15.3. The Morgan fingerprint density at radius 2 is 1.89 bits per heavy atom. The van der Waals surface area contributed by atoms with Crippen molar-refractivity contribution in [2.75, 3.05) is 0 Å². The molecule has 1 N–H and O–H groups in total. The van der Waals surface area contributed by atoms with Gasteiger partial charge < -0.3 is 5.11 Å². The van der Waals surface area contributed by atoms with E-state index in [9.17, 15) is 18.7 Å². The lowest BCUT2D eigenvalue weighted by Gasteiger charge is -2.22. The Kier molecular flexibility index (Phi) is 4.72. The van der Waals surface area contributed by atoms with Gasteiger partial charge in [0.1, 0.15) is 5.15 Å². The molecule has 0 radical (unpaired) electrons. The van der Waals surface area contributed by atoms with Crippen LogP contribution in [-0.4, -0.2) is 20.8 Å². The highest BCUT2D eigenvalue weighted by molar-refractivity contribution is 6.29. The summed E-state index contributed by atoms with van der Waals surface area (Å²) in [5.41, 5.74) is 1.18. The second-order valence-corrected chi connectivity index (χ2v) is 7.88. The van der Waals surface area contributed by atoms with Crippen LogP contribution in [0.5, 0.6) is 0 Å². The van der Waals surface area contributed by atoms with Gasteiger partial charge in [-0.05, 0) is 36.1 Å². The van der Waals surface area contributed by atoms with Gasteiger partial charge in [-0.25, -0.2) is 23.1 Å². The maximum absolute atomic E-state index is 13.7. The Morgan fingerprint density at radius 3 is 2.44 bits per heavy atom. The molecule has 0 unspecified atom stereocenters. The first kappa shape index (κ1) is 19.3. The Bertz CT molecular complexity index is 1050. The molecule has 0 saturated carbocycles. The monoisotopic (exact) mass is 392 g/mol. The third kappa shape index (κ3) is 3.30. The molecule has 7 heteroatoms. The zero-order valence-corrected chi connectivity index (χ0v) is 16.1. The summed E-state index contributed by atoms with van der Waals surface area (Å²) in [6, 6.07) is 7.77. The first-order valence-corrected chi connectivity index (χ1v) is 8.74. The van der Waals surface area contributed by atoms with Gasteiger partial charge in [0, 0.05) is 16.5 Å². The smallest absolute Gasteiger partial charge is 0.417 e. The standard InChI is InChI=1S/C20H19ClF2N2O2/c1-10-5-6-11(17(22)23)13(9-10)16-15(20(2,3)4)12-7-8-14(21)24-18(12)25(16)19(26)27/h5-9,17H,1-4H3,(H,26,27). The van der Waals surface area contributed by atoms with E-state index < -0.39 is 17.9 Å². The fraction of sp³-hybridized carbons (Fsp3) is 0.300. The molecule has 0 bridgehead atoms. The van der Waals surface area contributed by atoms with E-state index in [0.717, 1.165) is 10.1 Å². The highest BCUT2D eigenvalue weighted by Crippen LogP contribution is 2.43. The maximum atomic E-state index is 13.7. The van der Waals surface area contributed by atoms with Crippen LogP contribution in [0, 0.1) is 6.92 Å². The molecular formula is C20H19ClF2N2O2. The molecule has 1 aromatic carbocycles. The van der Waals surface area contributed by atoms with Crippen molar-refractivity contribution < 1.29 is 18.7 Å². The van der Waals surface area contributed by atoms with Crippen LogP contribution >= 0.6 is 11.6 Å². The van der Waals surface area contributed by atoms with Crippen molar-refractivity contribution in [2.24, 2.45) is 0 Å². The van der Waals surface area contributed by atoms with Crippen molar-refractivity contribution in [3.8, 4) is 11.3 Å². The van der Waals surface area contributed by atoms with Crippen LogP contribution < -0.4 is 0 Å². The van der Waals surface area contributed by atoms with E-state index in [0.29, 0.717) is 10.9 Å². The number of carbonyl (C=O) groups is 1. The number of hydrogen-bond donors (Lipinski definition) is 1. The number of nitrogens with zero attached hydrogens (tertiary/aromatic N) is 2. The molecule has 2 aromatic heterocycles. The molecule has 0 fully saturated rings. The second kappa shape index (κ2) is 6.60. The highest BCUT2D eigenvalue weighted by atomic mass is 35.5. The predicted octanol–water partition coefficient (Wildman–Crippen LogP) is 6.43. The van der Waals surface area contributed by atoms with Crippen molar-refractivity contribution in [3.63, 3.8) is 0 Å². The van der Waals surface area contributed by atoms with Gasteiger partial charge in [-0.2, -0.15) is 0 Å². The molecule has 2 heterocycles. The van der Waals surface area contributed by atoms with Gasteiger partial charge in [0.25, 0.3) is 6.43 Å². The second-order valence-electron chi connectivity index (χ2n) is 7.49. The summed E-state index contributed by atoms with van der Waals surface area (Å²) >= 11 is 5.99.